The Balaban J connectivity index is 2.02. The molecule has 2 aromatic rings. The third-order valence-corrected chi connectivity index (χ3v) is 3.60. The maximum atomic E-state index is 13.7. The second-order valence-corrected chi connectivity index (χ2v) is 5.37. The van der Waals surface area contributed by atoms with Crippen LogP contribution in [0.3, 0.4) is 0 Å². The standard InChI is InChI=1S/C16H14Cl2FNO2/c1-2-22-15-6-4-11(9-14(15)19)20-16(21)8-10-3-5-12(17)13(18)7-10/h3-7,9H,2,8H2,1H3,(H,20,21). The van der Waals surface area contributed by atoms with E-state index in [0.717, 1.165) is 5.56 Å². The summed E-state index contributed by atoms with van der Waals surface area (Å²) in [6, 6.07) is 9.25. The fourth-order valence-corrected chi connectivity index (χ4v) is 2.21. The molecule has 0 aliphatic rings. The summed E-state index contributed by atoms with van der Waals surface area (Å²) in [6.07, 6.45) is 0.117. The van der Waals surface area contributed by atoms with Gasteiger partial charge in [0, 0.05) is 11.8 Å². The molecule has 3 nitrogen and oxygen atoms in total. The summed E-state index contributed by atoms with van der Waals surface area (Å²) in [5, 5.41) is 3.44. The Hall–Kier alpha value is -1.78. The summed E-state index contributed by atoms with van der Waals surface area (Å²) in [7, 11) is 0. The molecule has 0 saturated heterocycles. The lowest BCUT2D eigenvalue weighted by atomic mass is 10.1. The van der Waals surface area contributed by atoms with Crippen LogP contribution in [-0.4, -0.2) is 12.5 Å². The van der Waals surface area contributed by atoms with E-state index < -0.39 is 5.82 Å². The molecule has 0 radical (unpaired) electrons. The number of nitrogens with one attached hydrogen (secondary N) is 1. The molecule has 0 saturated carbocycles. The first kappa shape index (κ1) is 16.6. The Morgan fingerprint density at radius 1 is 1.18 bits per heavy atom. The van der Waals surface area contributed by atoms with Gasteiger partial charge in [-0.15, -0.1) is 0 Å². The number of carbonyl (C=O) groups is 1. The van der Waals surface area contributed by atoms with Crippen LogP contribution in [0.1, 0.15) is 12.5 Å². The minimum absolute atomic E-state index is 0.117. The Morgan fingerprint density at radius 3 is 2.59 bits per heavy atom. The van der Waals surface area contributed by atoms with Crippen molar-refractivity contribution in [1.29, 1.82) is 0 Å². The van der Waals surface area contributed by atoms with Crippen LogP contribution in [0.4, 0.5) is 10.1 Å². The van der Waals surface area contributed by atoms with Crippen molar-refractivity contribution in [2.75, 3.05) is 11.9 Å². The van der Waals surface area contributed by atoms with Gasteiger partial charge in [0.1, 0.15) is 0 Å². The minimum Gasteiger partial charge on any atom is -0.491 e. The molecule has 0 aliphatic carbocycles. The molecule has 0 spiro atoms. The number of hydrogen-bond donors (Lipinski definition) is 1. The lowest BCUT2D eigenvalue weighted by molar-refractivity contribution is -0.115. The van der Waals surface area contributed by atoms with E-state index in [9.17, 15) is 9.18 Å². The first-order chi connectivity index (χ1) is 10.5. The average molecular weight is 342 g/mol. The topological polar surface area (TPSA) is 38.3 Å². The number of hydrogen-bond acceptors (Lipinski definition) is 2. The van der Waals surface area contributed by atoms with E-state index in [1.165, 1.54) is 12.1 Å². The summed E-state index contributed by atoms with van der Waals surface area (Å²) in [5.74, 6) is -0.638. The third-order valence-electron chi connectivity index (χ3n) is 2.86. The maximum Gasteiger partial charge on any atom is 0.228 e. The number of rotatable bonds is 5. The van der Waals surface area contributed by atoms with E-state index in [4.69, 9.17) is 27.9 Å². The fourth-order valence-electron chi connectivity index (χ4n) is 1.89. The predicted molar refractivity (Wildman–Crippen MR) is 86.4 cm³/mol. The number of ether oxygens (including phenoxy) is 1. The highest BCUT2D eigenvalue weighted by Crippen LogP contribution is 2.24. The summed E-state index contributed by atoms with van der Waals surface area (Å²) < 4.78 is 18.8. The van der Waals surface area contributed by atoms with Crippen molar-refractivity contribution in [3.8, 4) is 5.75 Å². The van der Waals surface area contributed by atoms with E-state index >= 15 is 0 Å². The Kier molecular flexibility index (Phi) is 5.63. The Bertz CT molecular complexity index is 692. The normalized spacial score (nSPS) is 10.4. The predicted octanol–water partition coefficient (Wildman–Crippen LogP) is 4.71. The lowest BCUT2D eigenvalue weighted by Gasteiger charge is -2.09. The monoisotopic (exact) mass is 341 g/mol. The van der Waals surface area contributed by atoms with Gasteiger partial charge >= 0.3 is 0 Å². The average Bonchev–Trinajstić information content (AvgIpc) is 2.46. The molecule has 0 aliphatic heterocycles. The SMILES string of the molecule is CCOc1ccc(NC(=O)Cc2ccc(Cl)c(Cl)c2)cc1F. The largest absolute Gasteiger partial charge is 0.491 e. The van der Waals surface area contributed by atoms with Crippen LogP contribution < -0.4 is 10.1 Å². The maximum absolute atomic E-state index is 13.7. The van der Waals surface area contributed by atoms with Gasteiger partial charge in [-0.25, -0.2) is 4.39 Å². The van der Waals surface area contributed by atoms with Gasteiger partial charge in [-0.1, -0.05) is 29.3 Å². The molecule has 116 valence electrons. The molecule has 0 fully saturated rings. The molecule has 22 heavy (non-hydrogen) atoms. The van der Waals surface area contributed by atoms with Gasteiger partial charge in [-0.2, -0.15) is 0 Å². The Labute approximate surface area is 138 Å². The third kappa shape index (κ3) is 4.36. The number of amides is 1. The molecule has 1 N–H and O–H groups in total. The van der Waals surface area contributed by atoms with E-state index in [1.54, 1.807) is 31.2 Å². The van der Waals surface area contributed by atoms with Crippen LogP contribution in [0, 0.1) is 5.82 Å². The molecule has 0 atom stereocenters. The number of anilines is 1. The van der Waals surface area contributed by atoms with Gasteiger partial charge in [0.15, 0.2) is 11.6 Å². The summed E-state index contributed by atoms with van der Waals surface area (Å²) >= 11 is 11.7. The van der Waals surface area contributed by atoms with Gasteiger partial charge in [0.2, 0.25) is 5.91 Å². The quantitative estimate of drug-likeness (QED) is 0.854. The van der Waals surface area contributed by atoms with Gasteiger partial charge in [0.25, 0.3) is 0 Å². The van der Waals surface area contributed by atoms with E-state index in [2.05, 4.69) is 5.32 Å². The molecule has 2 rings (SSSR count). The summed E-state index contributed by atoms with van der Waals surface area (Å²) in [5.41, 5.74) is 1.09. The van der Waals surface area contributed by atoms with Gasteiger partial charge in [0.05, 0.1) is 23.1 Å². The summed E-state index contributed by atoms with van der Waals surface area (Å²) in [4.78, 5) is 12.0. The molecule has 0 aromatic heterocycles. The first-order valence-electron chi connectivity index (χ1n) is 6.65. The van der Waals surface area contributed by atoms with Gasteiger partial charge < -0.3 is 10.1 Å². The highest BCUT2D eigenvalue weighted by Gasteiger charge is 2.09. The van der Waals surface area contributed by atoms with Crippen molar-refractivity contribution in [3.05, 3.63) is 57.8 Å². The van der Waals surface area contributed by atoms with Crippen LogP contribution in [-0.2, 0) is 11.2 Å². The number of benzene rings is 2. The molecule has 0 bridgehead atoms. The van der Waals surface area contributed by atoms with Crippen LogP contribution in [0.25, 0.3) is 0 Å². The van der Waals surface area contributed by atoms with Crippen molar-refractivity contribution < 1.29 is 13.9 Å². The van der Waals surface area contributed by atoms with Gasteiger partial charge in [-0.05, 0) is 36.8 Å². The van der Waals surface area contributed by atoms with Crippen molar-refractivity contribution >= 4 is 34.8 Å². The van der Waals surface area contributed by atoms with E-state index in [0.29, 0.717) is 22.3 Å². The van der Waals surface area contributed by atoms with Crippen LogP contribution in [0.5, 0.6) is 5.75 Å². The summed E-state index contributed by atoms with van der Waals surface area (Å²) in [6.45, 7) is 2.15. The van der Waals surface area contributed by atoms with E-state index in [1.807, 2.05) is 0 Å². The zero-order valence-corrected chi connectivity index (χ0v) is 13.3. The van der Waals surface area contributed by atoms with E-state index in [-0.39, 0.29) is 18.1 Å². The van der Waals surface area contributed by atoms with Crippen molar-refractivity contribution in [3.63, 3.8) is 0 Å². The first-order valence-corrected chi connectivity index (χ1v) is 7.41. The molecule has 0 heterocycles. The zero-order valence-electron chi connectivity index (χ0n) is 11.8. The van der Waals surface area contributed by atoms with Crippen LogP contribution in [0.15, 0.2) is 36.4 Å². The molecular formula is C16H14Cl2FNO2. The van der Waals surface area contributed by atoms with Gasteiger partial charge in [-0.3, -0.25) is 4.79 Å². The van der Waals surface area contributed by atoms with Crippen molar-refractivity contribution in [2.24, 2.45) is 0 Å². The van der Waals surface area contributed by atoms with Crippen LogP contribution >= 0.6 is 23.2 Å². The highest BCUT2D eigenvalue weighted by molar-refractivity contribution is 6.42. The molecule has 2 aromatic carbocycles. The zero-order chi connectivity index (χ0) is 16.1. The Morgan fingerprint density at radius 2 is 1.95 bits per heavy atom. The number of carbonyl (C=O) groups excluding carboxylic acids is 1. The minimum atomic E-state index is -0.519. The van der Waals surface area contributed by atoms with Crippen LogP contribution in [0.2, 0.25) is 10.0 Å². The van der Waals surface area contributed by atoms with Crippen molar-refractivity contribution in [2.45, 2.75) is 13.3 Å². The smallest absolute Gasteiger partial charge is 0.228 e. The molecule has 6 heteroatoms. The van der Waals surface area contributed by atoms with Crippen molar-refractivity contribution in [1.82, 2.24) is 0 Å². The second kappa shape index (κ2) is 7.47. The molecule has 1 amide bonds. The lowest BCUT2D eigenvalue weighted by Crippen LogP contribution is -2.14. The molecular weight excluding hydrogens is 328 g/mol. The highest BCUT2D eigenvalue weighted by atomic mass is 35.5. The molecule has 0 unspecified atom stereocenters. The fraction of sp³-hybridized carbons (Fsp3) is 0.188. The number of halogens is 3. The second-order valence-electron chi connectivity index (χ2n) is 4.55.